The Labute approximate surface area is 152 Å². The number of fused-ring (bicyclic) bond motifs is 3. The molecule has 0 bridgehead atoms. The molecule has 0 fully saturated rings. The van der Waals surface area contributed by atoms with Gasteiger partial charge in [-0.05, 0) is 31.2 Å². The van der Waals surface area contributed by atoms with Crippen molar-refractivity contribution in [3.05, 3.63) is 81.4 Å². The van der Waals surface area contributed by atoms with Crippen molar-refractivity contribution in [1.29, 1.82) is 0 Å². The summed E-state index contributed by atoms with van der Waals surface area (Å²) in [6, 6.07) is 6.63. The summed E-state index contributed by atoms with van der Waals surface area (Å²) in [6.07, 6.45) is 3.40. The highest BCUT2D eigenvalue weighted by atomic mass is 35.5. The van der Waals surface area contributed by atoms with Gasteiger partial charge in [-0.3, -0.25) is 4.99 Å². The van der Waals surface area contributed by atoms with Gasteiger partial charge in [-0.1, -0.05) is 29.3 Å². The maximum Gasteiger partial charge on any atom is 0.137 e. The van der Waals surface area contributed by atoms with Crippen molar-refractivity contribution in [2.24, 2.45) is 4.99 Å². The fourth-order valence-corrected chi connectivity index (χ4v) is 3.43. The third kappa shape index (κ3) is 2.46. The predicted octanol–water partition coefficient (Wildman–Crippen LogP) is 5.37. The normalized spacial score (nSPS) is 16.0. The van der Waals surface area contributed by atoms with Gasteiger partial charge in [-0.2, -0.15) is 0 Å². The van der Waals surface area contributed by atoms with Crippen LogP contribution in [0.4, 0.5) is 8.78 Å². The minimum Gasteiger partial charge on any atom is -0.301 e. The van der Waals surface area contributed by atoms with E-state index in [1.54, 1.807) is 36.0 Å². The third-order valence-electron chi connectivity index (χ3n) is 4.13. The summed E-state index contributed by atoms with van der Waals surface area (Å²) in [5.41, 5.74) is 0.885. The second kappa shape index (κ2) is 5.93. The third-order valence-corrected chi connectivity index (χ3v) is 4.94. The molecule has 1 aliphatic rings. The molecule has 2 aromatic carbocycles. The Bertz CT molecular complexity index is 1010. The quantitative estimate of drug-likeness (QED) is 0.560. The van der Waals surface area contributed by atoms with Gasteiger partial charge in [0.1, 0.15) is 23.5 Å². The molecule has 7 heteroatoms. The highest BCUT2D eigenvalue weighted by Crippen LogP contribution is 2.37. The summed E-state index contributed by atoms with van der Waals surface area (Å²) in [6.45, 7) is 1.80. The first-order chi connectivity index (χ1) is 12.0. The van der Waals surface area contributed by atoms with Gasteiger partial charge >= 0.3 is 0 Å². The number of aliphatic imine (C=N–C) groups is 1. The number of benzene rings is 2. The van der Waals surface area contributed by atoms with Gasteiger partial charge in [0, 0.05) is 18.0 Å². The van der Waals surface area contributed by atoms with Crippen molar-refractivity contribution in [1.82, 2.24) is 9.55 Å². The number of halogens is 4. The number of rotatable bonds is 1. The van der Waals surface area contributed by atoms with E-state index in [-0.39, 0.29) is 21.3 Å². The van der Waals surface area contributed by atoms with Crippen LogP contribution in [-0.4, -0.2) is 15.3 Å². The molecule has 0 aliphatic carbocycles. The minimum absolute atomic E-state index is 0.121. The van der Waals surface area contributed by atoms with Gasteiger partial charge in [0.15, 0.2) is 0 Å². The molecule has 1 aromatic heterocycles. The topological polar surface area (TPSA) is 30.2 Å². The number of hydrogen-bond acceptors (Lipinski definition) is 2. The van der Waals surface area contributed by atoms with E-state index in [4.69, 9.17) is 23.2 Å². The monoisotopic (exact) mass is 377 g/mol. The number of imidazole rings is 1. The zero-order valence-corrected chi connectivity index (χ0v) is 14.5. The van der Waals surface area contributed by atoms with Crippen molar-refractivity contribution in [3.8, 4) is 5.69 Å². The van der Waals surface area contributed by atoms with E-state index in [9.17, 15) is 8.78 Å². The van der Waals surface area contributed by atoms with Crippen LogP contribution in [0.15, 0.2) is 47.7 Å². The van der Waals surface area contributed by atoms with Crippen molar-refractivity contribution >= 4 is 28.9 Å². The standard InChI is InChI=1S/C18H11Cl2F2N3/c1-9-18-23-7-8-25(18)13-6-5-10(19)16(20)15(13)17(24-9)14-11(21)3-2-4-12(14)22/h2-9H,1H3. The number of nitrogens with zero attached hydrogens (tertiary/aromatic N) is 3. The van der Waals surface area contributed by atoms with Crippen LogP contribution >= 0.6 is 23.2 Å². The SMILES string of the molecule is CC1N=C(c2c(F)cccc2F)c2c(ccc(Cl)c2Cl)-n2ccnc21. The highest BCUT2D eigenvalue weighted by Gasteiger charge is 2.29. The molecule has 25 heavy (non-hydrogen) atoms. The second-order valence-corrected chi connectivity index (χ2v) is 6.45. The summed E-state index contributed by atoms with van der Waals surface area (Å²) in [5, 5.41) is 0.468. The fraction of sp³-hybridized carbons (Fsp3) is 0.111. The Balaban J connectivity index is 2.13. The van der Waals surface area contributed by atoms with E-state index in [0.717, 1.165) is 0 Å². The molecule has 3 nitrogen and oxygen atoms in total. The lowest BCUT2D eigenvalue weighted by Gasteiger charge is -2.15. The summed E-state index contributed by atoms with van der Waals surface area (Å²) < 4.78 is 30.7. The molecule has 0 N–H and O–H groups in total. The van der Waals surface area contributed by atoms with E-state index in [0.29, 0.717) is 17.1 Å². The fourth-order valence-electron chi connectivity index (χ4n) is 3.02. The predicted molar refractivity (Wildman–Crippen MR) is 94.0 cm³/mol. The minimum atomic E-state index is -0.715. The van der Waals surface area contributed by atoms with Crippen LogP contribution in [0, 0.1) is 11.6 Å². The molecule has 3 aromatic rings. The molecule has 126 valence electrons. The molecule has 2 heterocycles. The maximum absolute atomic E-state index is 14.5. The maximum atomic E-state index is 14.5. The zero-order valence-electron chi connectivity index (χ0n) is 13.0. The molecule has 0 saturated carbocycles. The molecule has 1 atom stereocenters. The highest BCUT2D eigenvalue weighted by molar-refractivity contribution is 6.45. The van der Waals surface area contributed by atoms with Crippen LogP contribution in [0.1, 0.15) is 29.9 Å². The Morgan fingerprint density at radius 1 is 1.04 bits per heavy atom. The number of aromatic nitrogens is 2. The average Bonchev–Trinajstić information content (AvgIpc) is 3.02. The Morgan fingerprint density at radius 3 is 2.48 bits per heavy atom. The van der Waals surface area contributed by atoms with Crippen LogP contribution in [0.5, 0.6) is 0 Å². The first-order valence-corrected chi connectivity index (χ1v) is 8.28. The van der Waals surface area contributed by atoms with Crippen LogP contribution in [0.2, 0.25) is 10.0 Å². The van der Waals surface area contributed by atoms with Gasteiger partial charge in [-0.25, -0.2) is 13.8 Å². The Hall–Kier alpha value is -2.24. The van der Waals surface area contributed by atoms with E-state index < -0.39 is 17.7 Å². The van der Waals surface area contributed by atoms with Crippen molar-refractivity contribution in [2.75, 3.05) is 0 Å². The van der Waals surface area contributed by atoms with E-state index >= 15 is 0 Å². The first kappa shape index (κ1) is 16.2. The summed E-state index contributed by atoms with van der Waals surface area (Å²) in [7, 11) is 0. The molecule has 0 amide bonds. The van der Waals surface area contributed by atoms with Crippen LogP contribution in [-0.2, 0) is 0 Å². The summed E-state index contributed by atoms with van der Waals surface area (Å²) in [5.74, 6) is -0.786. The van der Waals surface area contributed by atoms with E-state index in [1.165, 1.54) is 18.2 Å². The van der Waals surface area contributed by atoms with Gasteiger partial charge in [0.2, 0.25) is 0 Å². The summed E-state index contributed by atoms with van der Waals surface area (Å²) >= 11 is 12.6. The molecular formula is C18H11Cl2F2N3. The van der Waals surface area contributed by atoms with Crippen LogP contribution in [0.25, 0.3) is 5.69 Å². The van der Waals surface area contributed by atoms with Crippen molar-refractivity contribution < 1.29 is 8.78 Å². The van der Waals surface area contributed by atoms with Gasteiger partial charge in [0.25, 0.3) is 0 Å². The average molecular weight is 378 g/mol. The van der Waals surface area contributed by atoms with E-state index in [2.05, 4.69) is 9.98 Å². The number of hydrogen-bond donors (Lipinski definition) is 0. The lowest BCUT2D eigenvalue weighted by atomic mass is 9.99. The first-order valence-electron chi connectivity index (χ1n) is 7.53. The molecule has 4 rings (SSSR count). The Morgan fingerprint density at radius 2 is 1.76 bits per heavy atom. The molecular weight excluding hydrogens is 367 g/mol. The van der Waals surface area contributed by atoms with Crippen LogP contribution in [0.3, 0.4) is 0 Å². The molecule has 0 radical (unpaired) electrons. The molecule has 0 saturated heterocycles. The van der Waals surface area contributed by atoms with Crippen molar-refractivity contribution in [3.63, 3.8) is 0 Å². The van der Waals surface area contributed by atoms with Crippen LogP contribution < -0.4 is 0 Å². The largest absolute Gasteiger partial charge is 0.301 e. The Kier molecular flexibility index (Phi) is 3.85. The molecule has 0 spiro atoms. The van der Waals surface area contributed by atoms with E-state index in [1.807, 2.05) is 0 Å². The van der Waals surface area contributed by atoms with Gasteiger partial charge in [0.05, 0.1) is 27.0 Å². The van der Waals surface area contributed by atoms with Gasteiger partial charge in [-0.15, -0.1) is 0 Å². The van der Waals surface area contributed by atoms with Crippen molar-refractivity contribution in [2.45, 2.75) is 13.0 Å². The van der Waals surface area contributed by atoms with Gasteiger partial charge < -0.3 is 4.57 Å². The molecule has 1 unspecified atom stereocenters. The second-order valence-electron chi connectivity index (χ2n) is 5.66. The smallest absolute Gasteiger partial charge is 0.137 e. The zero-order chi connectivity index (χ0) is 17.7. The lowest BCUT2D eigenvalue weighted by molar-refractivity contribution is 0.578. The molecule has 1 aliphatic heterocycles. The lowest BCUT2D eigenvalue weighted by Crippen LogP contribution is -2.12. The summed E-state index contributed by atoms with van der Waals surface area (Å²) in [4.78, 5) is 8.85.